The van der Waals surface area contributed by atoms with Crippen molar-refractivity contribution in [3.05, 3.63) is 22.8 Å². The first-order valence-electron chi connectivity index (χ1n) is 9.24. The number of carbonyl (C=O) groups excluding carboxylic acids is 2. The second kappa shape index (κ2) is 5.94. The fourth-order valence-corrected chi connectivity index (χ4v) is 5.44. The molecule has 3 rings (SSSR count). The summed E-state index contributed by atoms with van der Waals surface area (Å²) in [6, 6.07) is 0. The van der Waals surface area contributed by atoms with Gasteiger partial charge in [0.1, 0.15) is 12.4 Å². The average Bonchev–Trinajstić information content (AvgIpc) is 2.85. The number of hydrogen-bond donors (Lipinski definition) is 0. The first-order chi connectivity index (χ1) is 11.3. The zero-order chi connectivity index (χ0) is 17.7. The van der Waals surface area contributed by atoms with E-state index in [9.17, 15) is 9.59 Å². The van der Waals surface area contributed by atoms with Crippen molar-refractivity contribution in [2.45, 2.75) is 65.9 Å². The molecule has 4 atom stereocenters. The van der Waals surface area contributed by atoms with Crippen molar-refractivity contribution in [2.75, 3.05) is 7.11 Å². The van der Waals surface area contributed by atoms with Crippen LogP contribution in [0, 0.1) is 22.7 Å². The van der Waals surface area contributed by atoms with Crippen molar-refractivity contribution in [1.82, 2.24) is 0 Å². The number of ketones is 1. The Hall–Kier alpha value is -1.22. The first kappa shape index (κ1) is 17.6. The van der Waals surface area contributed by atoms with Gasteiger partial charge >= 0.3 is 0 Å². The number of hydrogen-bond acceptors (Lipinski definition) is 3. The molecule has 3 nitrogen and oxygen atoms in total. The van der Waals surface area contributed by atoms with Crippen molar-refractivity contribution in [1.29, 1.82) is 0 Å². The molecule has 0 radical (unpaired) electrons. The van der Waals surface area contributed by atoms with E-state index in [4.69, 9.17) is 4.74 Å². The highest BCUT2D eigenvalue weighted by Crippen LogP contribution is 2.62. The van der Waals surface area contributed by atoms with E-state index in [-0.39, 0.29) is 17.1 Å². The highest BCUT2D eigenvalue weighted by Gasteiger charge is 2.56. The predicted octanol–water partition coefficient (Wildman–Crippen LogP) is 4.27. The molecule has 24 heavy (non-hydrogen) atoms. The van der Waals surface area contributed by atoms with Crippen LogP contribution < -0.4 is 0 Å². The Balaban J connectivity index is 2.15. The fourth-order valence-electron chi connectivity index (χ4n) is 5.44. The number of Topliss-reactive ketones (excluding diaryl/α,β-unsaturated/α-hetero) is 1. The third-order valence-electron chi connectivity index (χ3n) is 7.02. The lowest BCUT2D eigenvalue weighted by molar-refractivity contribution is -0.141. The molecule has 0 amide bonds. The second-order valence-corrected chi connectivity index (χ2v) is 8.66. The number of methoxy groups -OCH3 is 1. The molecule has 0 spiro atoms. The summed E-state index contributed by atoms with van der Waals surface area (Å²) in [5.41, 5.74) is 3.38. The minimum absolute atomic E-state index is 0.0930. The monoisotopic (exact) mass is 330 g/mol. The van der Waals surface area contributed by atoms with Crippen LogP contribution in [0.25, 0.3) is 0 Å². The Morgan fingerprint density at radius 3 is 2.54 bits per heavy atom. The van der Waals surface area contributed by atoms with Crippen LogP contribution in [-0.4, -0.2) is 25.3 Å². The molecule has 0 aliphatic heterocycles. The van der Waals surface area contributed by atoms with E-state index >= 15 is 0 Å². The van der Waals surface area contributed by atoms with Gasteiger partial charge < -0.3 is 4.74 Å². The Bertz CT molecular complexity index is 627. The van der Waals surface area contributed by atoms with Crippen molar-refractivity contribution < 1.29 is 14.3 Å². The van der Waals surface area contributed by atoms with Crippen LogP contribution in [-0.2, 0) is 14.3 Å². The van der Waals surface area contributed by atoms with Crippen molar-refractivity contribution >= 4 is 12.1 Å². The Morgan fingerprint density at radius 2 is 1.96 bits per heavy atom. The van der Waals surface area contributed by atoms with Gasteiger partial charge in [0.25, 0.3) is 0 Å². The van der Waals surface area contributed by atoms with Gasteiger partial charge in [-0.25, -0.2) is 0 Å². The molecule has 0 N–H and O–H groups in total. The molecule has 3 aliphatic carbocycles. The summed E-state index contributed by atoms with van der Waals surface area (Å²) in [6.45, 7) is 9.02. The molecule has 132 valence electrons. The summed E-state index contributed by atoms with van der Waals surface area (Å²) in [6.07, 6.45) is 7.15. The molecule has 0 heterocycles. The van der Waals surface area contributed by atoms with Gasteiger partial charge in [-0.2, -0.15) is 0 Å². The SMILES string of the molecule is CO[C@H]1C(=O)[C@]2(C)CC[C@@]3(C)CCC(C(C)C)=C3[C@H]2CC=C1C=O. The van der Waals surface area contributed by atoms with Crippen molar-refractivity contribution in [3.63, 3.8) is 0 Å². The predicted molar refractivity (Wildman–Crippen MR) is 94.6 cm³/mol. The molecule has 0 bridgehead atoms. The zero-order valence-electron chi connectivity index (χ0n) is 15.6. The topological polar surface area (TPSA) is 43.4 Å². The average molecular weight is 330 g/mol. The number of carbonyl (C=O) groups is 2. The summed E-state index contributed by atoms with van der Waals surface area (Å²) in [4.78, 5) is 24.8. The quantitative estimate of drug-likeness (QED) is 0.573. The minimum Gasteiger partial charge on any atom is -0.369 e. The maximum Gasteiger partial charge on any atom is 0.172 e. The van der Waals surface area contributed by atoms with Crippen molar-refractivity contribution in [2.24, 2.45) is 22.7 Å². The third-order valence-corrected chi connectivity index (χ3v) is 7.02. The van der Waals surface area contributed by atoms with Crippen LogP contribution >= 0.6 is 0 Å². The maximum absolute atomic E-state index is 13.3. The van der Waals surface area contributed by atoms with E-state index in [1.54, 1.807) is 5.57 Å². The van der Waals surface area contributed by atoms with E-state index < -0.39 is 11.5 Å². The highest BCUT2D eigenvalue weighted by molar-refractivity contribution is 5.98. The van der Waals surface area contributed by atoms with Crippen LogP contribution in [0.2, 0.25) is 0 Å². The smallest absolute Gasteiger partial charge is 0.172 e. The lowest BCUT2D eigenvalue weighted by Gasteiger charge is -2.49. The molecule has 1 fully saturated rings. The van der Waals surface area contributed by atoms with E-state index in [0.717, 1.165) is 32.0 Å². The first-order valence-corrected chi connectivity index (χ1v) is 9.24. The minimum atomic E-state index is -0.702. The Morgan fingerprint density at radius 1 is 1.25 bits per heavy atom. The molecule has 1 saturated carbocycles. The van der Waals surface area contributed by atoms with Crippen LogP contribution in [0.3, 0.4) is 0 Å². The molecule has 3 heteroatoms. The molecule has 0 saturated heterocycles. The van der Waals surface area contributed by atoms with Crippen LogP contribution in [0.1, 0.15) is 59.8 Å². The number of aldehydes is 1. The van der Waals surface area contributed by atoms with Crippen molar-refractivity contribution in [3.8, 4) is 0 Å². The molecular formula is C21H30O3. The van der Waals surface area contributed by atoms with Gasteiger partial charge in [-0.05, 0) is 49.4 Å². The normalized spacial score (nSPS) is 39.4. The molecule has 0 aromatic rings. The number of fused-ring (bicyclic) bond motifs is 3. The molecule has 3 aliphatic rings. The summed E-state index contributed by atoms with van der Waals surface area (Å²) < 4.78 is 5.45. The summed E-state index contributed by atoms with van der Waals surface area (Å²) >= 11 is 0. The van der Waals surface area contributed by atoms with Gasteiger partial charge in [-0.15, -0.1) is 0 Å². The lowest BCUT2D eigenvalue weighted by Crippen LogP contribution is -2.48. The van der Waals surface area contributed by atoms with E-state index in [0.29, 0.717) is 11.5 Å². The standard InChI is InChI=1S/C21H30O3/c1-13(2)15-8-9-20(3)10-11-21(4)16(17(15)20)7-6-14(12-22)18(24-5)19(21)23/h6,12-13,16,18H,7-11H2,1-5H3/t16-,18-,20-,21-/m1/s1. The number of ether oxygens (including phenoxy) is 1. The lowest BCUT2D eigenvalue weighted by atomic mass is 9.54. The zero-order valence-corrected chi connectivity index (χ0v) is 15.6. The molecular weight excluding hydrogens is 300 g/mol. The molecule has 0 unspecified atom stereocenters. The van der Waals surface area contributed by atoms with E-state index in [2.05, 4.69) is 27.7 Å². The van der Waals surface area contributed by atoms with E-state index in [1.807, 2.05) is 6.08 Å². The van der Waals surface area contributed by atoms with E-state index in [1.165, 1.54) is 19.1 Å². The van der Waals surface area contributed by atoms with Gasteiger partial charge in [0.2, 0.25) is 0 Å². The fraction of sp³-hybridized carbons (Fsp3) is 0.714. The van der Waals surface area contributed by atoms with Crippen LogP contribution in [0.4, 0.5) is 0 Å². The van der Waals surface area contributed by atoms with Gasteiger partial charge in [0.15, 0.2) is 5.78 Å². The van der Waals surface area contributed by atoms with Gasteiger partial charge in [0, 0.05) is 18.1 Å². The number of allylic oxidation sites excluding steroid dienone is 3. The maximum atomic E-state index is 13.3. The molecule has 0 aromatic heterocycles. The third kappa shape index (κ3) is 2.35. The van der Waals surface area contributed by atoms with Gasteiger partial charge in [0.05, 0.1) is 0 Å². The summed E-state index contributed by atoms with van der Waals surface area (Å²) in [5.74, 6) is 0.824. The summed E-state index contributed by atoms with van der Waals surface area (Å²) in [5, 5.41) is 0. The van der Waals surface area contributed by atoms with Gasteiger partial charge in [-0.1, -0.05) is 44.9 Å². The second-order valence-electron chi connectivity index (χ2n) is 8.66. The molecule has 0 aromatic carbocycles. The van der Waals surface area contributed by atoms with Crippen LogP contribution in [0.5, 0.6) is 0 Å². The highest BCUT2D eigenvalue weighted by atomic mass is 16.5. The largest absolute Gasteiger partial charge is 0.369 e. The summed E-state index contributed by atoms with van der Waals surface area (Å²) in [7, 11) is 1.53. The Labute approximate surface area is 145 Å². The number of rotatable bonds is 3. The van der Waals surface area contributed by atoms with Gasteiger partial charge in [-0.3, -0.25) is 9.59 Å². The Kier molecular flexibility index (Phi) is 4.36. The van der Waals surface area contributed by atoms with Crippen LogP contribution in [0.15, 0.2) is 22.8 Å².